The van der Waals surface area contributed by atoms with Crippen LogP contribution in [0.5, 0.6) is 5.75 Å². The van der Waals surface area contributed by atoms with Gasteiger partial charge in [-0.3, -0.25) is 4.79 Å². The highest BCUT2D eigenvalue weighted by Crippen LogP contribution is 2.22. The second kappa shape index (κ2) is 3.53. The van der Waals surface area contributed by atoms with Crippen LogP contribution in [0.1, 0.15) is 17.7 Å². The van der Waals surface area contributed by atoms with Gasteiger partial charge >= 0.3 is 0 Å². The lowest BCUT2D eigenvalue weighted by atomic mass is 10.2. The Morgan fingerprint density at radius 2 is 2.15 bits per heavy atom. The van der Waals surface area contributed by atoms with Crippen molar-refractivity contribution in [2.24, 2.45) is 0 Å². The number of aliphatic hydroxyl groups is 1. The van der Waals surface area contributed by atoms with E-state index >= 15 is 0 Å². The molecular formula is C7H7F2NO3. The average molecular weight is 191 g/mol. The SMILES string of the molecule is O=c1[nH]c(CO)c(C(F)F)cc1O. The fraction of sp³-hybridized carbons (Fsp3) is 0.286. The Morgan fingerprint density at radius 1 is 1.54 bits per heavy atom. The van der Waals surface area contributed by atoms with Crippen LogP contribution in [0.4, 0.5) is 8.78 Å². The summed E-state index contributed by atoms with van der Waals surface area (Å²) < 4.78 is 24.4. The molecule has 1 rings (SSSR count). The van der Waals surface area contributed by atoms with Gasteiger partial charge in [0.15, 0.2) is 5.75 Å². The van der Waals surface area contributed by atoms with Crippen LogP contribution in [-0.2, 0) is 6.61 Å². The summed E-state index contributed by atoms with van der Waals surface area (Å²) in [4.78, 5) is 12.7. The number of H-pyrrole nitrogens is 1. The van der Waals surface area contributed by atoms with E-state index in [4.69, 9.17) is 10.2 Å². The molecule has 0 saturated heterocycles. The summed E-state index contributed by atoms with van der Waals surface area (Å²) in [6, 6.07) is 0.648. The molecule has 13 heavy (non-hydrogen) atoms. The van der Waals surface area contributed by atoms with Crippen molar-refractivity contribution in [3.63, 3.8) is 0 Å². The molecule has 0 spiro atoms. The summed E-state index contributed by atoms with van der Waals surface area (Å²) >= 11 is 0. The van der Waals surface area contributed by atoms with Crippen LogP contribution in [0.25, 0.3) is 0 Å². The second-order valence-electron chi connectivity index (χ2n) is 2.38. The summed E-state index contributed by atoms with van der Waals surface area (Å²) in [5.41, 5.74) is -1.74. The maximum Gasteiger partial charge on any atom is 0.290 e. The standard InChI is InChI=1S/C7H7F2NO3/c8-6(9)3-1-5(12)7(13)10-4(3)2-11/h1,6,11-12H,2H2,(H,10,13). The highest BCUT2D eigenvalue weighted by molar-refractivity contribution is 5.29. The lowest BCUT2D eigenvalue weighted by molar-refractivity contribution is 0.145. The minimum Gasteiger partial charge on any atom is -0.503 e. The molecule has 0 amide bonds. The van der Waals surface area contributed by atoms with Crippen molar-refractivity contribution in [1.82, 2.24) is 4.98 Å². The molecule has 0 bridgehead atoms. The van der Waals surface area contributed by atoms with Crippen LogP contribution in [0.15, 0.2) is 10.9 Å². The smallest absolute Gasteiger partial charge is 0.290 e. The van der Waals surface area contributed by atoms with Crippen LogP contribution in [0, 0.1) is 0 Å². The number of nitrogens with one attached hydrogen (secondary N) is 1. The molecule has 72 valence electrons. The van der Waals surface area contributed by atoms with Gasteiger partial charge in [-0.15, -0.1) is 0 Å². The van der Waals surface area contributed by atoms with Gasteiger partial charge in [-0.2, -0.15) is 0 Å². The van der Waals surface area contributed by atoms with E-state index in [1.807, 2.05) is 4.98 Å². The highest BCUT2D eigenvalue weighted by Gasteiger charge is 2.15. The second-order valence-corrected chi connectivity index (χ2v) is 2.38. The van der Waals surface area contributed by atoms with Crippen LogP contribution in [0.2, 0.25) is 0 Å². The Hall–Kier alpha value is -1.43. The summed E-state index contributed by atoms with van der Waals surface area (Å²) in [6.45, 7) is -0.699. The molecule has 1 heterocycles. The number of halogens is 2. The number of aromatic hydroxyl groups is 1. The molecule has 0 aliphatic rings. The van der Waals surface area contributed by atoms with Gasteiger partial charge in [0.25, 0.3) is 12.0 Å². The van der Waals surface area contributed by atoms with Gasteiger partial charge in [-0.1, -0.05) is 0 Å². The number of aliphatic hydroxyl groups excluding tert-OH is 1. The first-order chi connectivity index (χ1) is 6.06. The predicted molar refractivity (Wildman–Crippen MR) is 39.6 cm³/mol. The minimum absolute atomic E-state index is 0.280. The molecule has 1 aromatic heterocycles. The average Bonchev–Trinajstić information content (AvgIpc) is 2.08. The third-order valence-electron chi connectivity index (χ3n) is 1.53. The van der Waals surface area contributed by atoms with E-state index in [1.165, 1.54) is 0 Å². The minimum atomic E-state index is -2.84. The number of alkyl halides is 2. The zero-order valence-electron chi connectivity index (χ0n) is 6.42. The Bertz CT molecular complexity index is 361. The fourth-order valence-corrected chi connectivity index (χ4v) is 0.899. The molecule has 4 nitrogen and oxygen atoms in total. The predicted octanol–water partition coefficient (Wildman–Crippen LogP) is 0.510. The van der Waals surface area contributed by atoms with E-state index in [9.17, 15) is 13.6 Å². The molecule has 0 unspecified atom stereocenters. The summed E-state index contributed by atoms with van der Waals surface area (Å²) in [7, 11) is 0. The number of hydrogen-bond acceptors (Lipinski definition) is 3. The van der Waals surface area contributed by atoms with Crippen molar-refractivity contribution in [2.45, 2.75) is 13.0 Å². The van der Waals surface area contributed by atoms with Crippen LogP contribution in [-0.4, -0.2) is 15.2 Å². The summed E-state index contributed by atoms with van der Waals surface area (Å²) in [5.74, 6) is -0.785. The molecule has 0 aliphatic heterocycles. The van der Waals surface area contributed by atoms with Gasteiger partial charge in [-0.05, 0) is 6.07 Å². The molecule has 0 fully saturated rings. The molecule has 0 saturated carbocycles. The van der Waals surface area contributed by atoms with Crippen molar-refractivity contribution in [3.05, 3.63) is 27.7 Å². The van der Waals surface area contributed by atoms with Crippen LogP contribution in [0.3, 0.4) is 0 Å². The zero-order valence-corrected chi connectivity index (χ0v) is 6.42. The van der Waals surface area contributed by atoms with Crippen LogP contribution >= 0.6 is 0 Å². The van der Waals surface area contributed by atoms with Gasteiger partial charge in [0, 0.05) is 5.56 Å². The Labute approximate surface area is 71.5 Å². The summed E-state index contributed by atoms with van der Waals surface area (Å²) in [6.07, 6.45) is -2.84. The van der Waals surface area contributed by atoms with Crippen molar-refractivity contribution in [2.75, 3.05) is 0 Å². The van der Waals surface area contributed by atoms with E-state index in [1.54, 1.807) is 0 Å². The van der Waals surface area contributed by atoms with Gasteiger partial charge in [0.1, 0.15) is 0 Å². The first-order valence-corrected chi connectivity index (χ1v) is 3.40. The Balaban J connectivity index is 3.33. The fourth-order valence-electron chi connectivity index (χ4n) is 0.899. The van der Waals surface area contributed by atoms with Gasteiger partial charge in [0.05, 0.1) is 12.3 Å². The number of hydrogen-bond donors (Lipinski definition) is 3. The zero-order chi connectivity index (χ0) is 10.0. The maximum absolute atomic E-state index is 12.2. The molecule has 0 aliphatic carbocycles. The Kier molecular flexibility index (Phi) is 2.62. The van der Waals surface area contributed by atoms with Gasteiger partial charge in [-0.25, -0.2) is 8.78 Å². The van der Waals surface area contributed by atoms with Crippen LogP contribution < -0.4 is 5.56 Å². The van der Waals surface area contributed by atoms with Crippen molar-refractivity contribution in [1.29, 1.82) is 0 Å². The molecule has 0 radical (unpaired) electrons. The molecular weight excluding hydrogens is 184 g/mol. The highest BCUT2D eigenvalue weighted by atomic mass is 19.3. The van der Waals surface area contributed by atoms with Crippen molar-refractivity contribution >= 4 is 0 Å². The molecule has 3 N–H and O–H groups in total. The van der Waals surface area contributed by atoms with E-state index in [0.29, 0.717) is 6.07 Å². The first kappa shape index (κ1) is 9.66. The molecule has 0 aromatic carbocycles. The van der Waals surface area contributed by atoms with E-state index < -0.39 is 29.9 Å². The number of pyridine rings is 1. The third-order valence-corrected chi connectivity index (χ3v) is 1.53. The number of aromatic nitrogens is 1. The third kappa shape index (κ3) is 1.83. The Morgan fingerprint density at radius 3 is 2.62 bits per heavy atom. The number of aromatic amines is 1. The largest absolute Gasteiger partial charge is 0.503 e. The molecule has 0 atom stereocenters. The lowest BCUT2D eigenvalue weighted by Gasteiger charge is -2.05. The van der Waals surface area contributed by atoms with Gasteiger partial charge in [0.2, 0.25) is 0 Å². The van der Waals surface area contributed by atoms with Crippen molar-refractivity contribution < 1.29 is 19.0 Å². The van der Waals surface area contributed by atoms with E-state index in [2.05, 4.69) is 0 Å². The quantitative estimate of drug-likeness (QED) is 0.637. The monoisotopic (exact) mass is 191 g/mol. The number of rotatable bonds is 2. The van der Waals surface area contributed by atoms with Crippen molar-refractivity contribution in [3.8, 4) is 5.75 Å². The first-order valence-electron chi connectivity index (χ1n) is 3.40. The summed E-state index contributed by atoms with van der Waals surface area (Å²) in [5, 5.41) is 17.4. The molecule has 1 aromatic rings. The van der Waals surface area contributed by atoms with E-state index in [0.717, 1.165) is 0 Å². The molecule has 6 heteroatoms. The lowest BCUT2D eigenvalue weighted by Crippen LogP contribution is -2.11. The maximum atomic E-state index is 12.2. The topological polar surface area (TPSA) is 73.3 Å². The van der Waals surface area contributed by atoms with E-state index in [-0.39, 0.29) is 5.69 Å². The normalized spacial score (nSPS) is 10.8. The van der Waals surface area contributed by atoms with Gasteiger partial charge < -0.3 is 15.2 Å².